The summed E-state index contributed by atoms with van der Waals surface area (Å²) in [7, 11) is 0. The molecule has 3 atom stereocenters. The molecule has 2 aliphatic rings. The Labute approximate surface area is 94.5 Å². The Balaban J connectivity index is 2.00. The predicted octanol–water partition coefficient (Wildman–Crippen LogP) is 1.55. The maximum atomic E-state index is 6.72. The van der Waals surface area contributed by atoms with Crippen LogP contribution in [0.3, 0.4) is 0 Å². The molecule has 0 aromatic carbocycles. The monoisotopic (exact) mass is 223 g/mol. The van der Waals surface area contributed by atoms with Crippen LogP contribution >= 0.6 is 11.6 Å². The number of rotatable bonds is 1. The van der Waals surface area contributed by atoms with Crippen molar-refractivity contribution in [1.29, 1.82) is 0 Å². The number of aryl methyl sites for hydroxylation is 1. The van der Waals surface area contributed by atoms with Crippen LogP contribution in [0.5, 0.6) is 0 Å². The molecule has 2 saturated heterocycles. The van der Waals surface area contributed by atoms with Gasteiger partial charge in [0.15, 0.2) is 0 Å². The Bertz CT molecular complexity index is 395. The lowest BCUT2D eigenvalue weighted by Crippen LogP contribution is -2.35. The summed E-state index contributed by atoms with van der Waals surface area (Å²) in [5.41, 5.74) is 1.90. The first-order chi connectivity index (χ1) is 7.18. The average molecular weight is 224 g/mol. The van der Waals surface area contributed by atoms with Crippen molar-refractivity contribution in [2.75, 3.05) is 19.6 Å². The van der Waals surface area contributed by atoms with Gasteiger partial charge in [-0.25, -0.2) is 0 Å². The number of aromatic nitrogens is 2. The number of nitrogens with zero attached hydrogens (tertiary/aromatic N) is 3. The Morgan fingerprint density at radius 3 is 3.00 bits per heavy atom. The van der Waals surface area contributed by atoms with Crippen LogP contribution in [0.2, 0.25) is 0 Å². The highest BCUT2D eigenvalue weighted by atomic mass is 35.5. The molecule has 2 fully saturated rings. The summed E-state index contributed by atoms with van der Waals surface area (Å²) in [5, 5.41) is 0. The van der Waals surface area contributed by atoms with E-state index >= 15 is 0 Å². The molecular formula is C11H14ClN3. The third-order valence-electron chi connectivity index (χ3n) is 3.55. The minimum atomic E-state index is -0.280. The van der Waals surface area contributed by atoms with E-state index in [2.05, 4.69) is 14.9 Å². The van der Waals surface area contributed by atoms with E-state index in [1.54, 1.807) is 6.20 Å². The standard InChI is InChI=1S/C11H14ClN3/c1-8-4-13-5-10(14-8)11(12)7-15-3-2-9(11)6-15/h4-5,9H,2-3,6-7H2,1H3. The molecule has 0 spiro atoms. The van der Waals surface area contributed by atoms with Crippen molar-refractivity contribution in [2.45, 2.75) is 18.2 Å². The molecule has 80 valence electrons. The van der Waals surface area contributed by atoms with Gasteiger partial charge in [-0.2, -0.15) is 0 Å². The van der Waals surface area contributed by atoms with Crippen LogP contribution in [0, 0.1) is 12.8 Å². The molecule has 3 heterocycles. The molecule has 1 aromatic rings. The smallest absolute Gasteiger partial charge is 0.105 e. The van der Waals surface area contributed by atoms with Crippen molar-refractivity contribution < 1.29 is 0 Å². The Kier molecular flexibility index (Phi) is 2.01. The summed E-state index contributed by atoms with van der Waals surface area (Å²) < 4.78 is 0. The van der Waals surface area contributed by atoms with E-state index < -0.39 is 0 Å². The highest BCUT2D eigenvalue weighted by Gasteiger charge is 2.51. The second-order valence-electron chi connectivity index (χ2n) is 4.63. The molecule has 3 rings (SSSR count). The first-order valence-corrected chi connectivity index (χ1v) is 5.77. The van der Waals surface area contributed by atoms with Crippen molar-refractivity contribution in [2.24, 2.45) is 5.92 Å². The van der Waals surface area contributed by atoms with Gasteiger partial charge in [0.2, 0.25) is 0 Å². The molecule has 3 unspecified atom stereocenters. The van der Waals surface area contributed by atoms with Crippen molar-refractivity contribution in [1.82, 2.24) is 14.9 Å². The first kappa shape index (κ1) is 9.55. The van der Waals surface area contributed by atoms with Crippen molar-refractivity contribution in [3.05, 3.63) is 23.8 Å². The number of fused-ring (bicyclic) bond motifs is 2. The lowest BCUT2D eigenvalue weighted by atomic mass is 9.89. The van der Waals surface area contributed by atoms with E-state index in [-0.39, 0.29) is 4.87 Å². The highest BCUT2D eigenvalue weighted by molar-refractivity contribution is 6.24. The lowest BCUT2D eigenvalue weighted by molar-refractivity contribution is 0.320. The molecule has 15 heavy (non-hydrogen) atoms. The van der Waals surface area contributed by atoms with Gasteiger partial charge in [0.25, 0.3) is 0 Å². The third kappa shape index (κ3) is 1.37. The molecule has 0 aliphatic carbocycles. The zero-order valence-corrected chi connectivity index (χ0v) is 9.54. The highest BCUT2D eigenvalue weighted by Crippen LogP contribution is 2.47. The van der Waals surface area contributed by atoms with Crippen LogP contribution in [0.25, 0.3) is 0 Å². The zero-order valence-electron chi connectivity index (χ0n) is 8.78. The van der Waals surface area contributed by atoms with Gasteiger partial charge in [0.1, 0.15) is 4.87 Å². The maximum Gasteiger partial charge on any atom is 0.105 e. The topological polar surface area (TPSA) is 29.0 Å². The number of hydrogen-bond donors (Lipinski definition) is 0. The lowest BCUT2D eigenvalue weighted by Gasteiger charge is -2.30. The van der Waals surface area contributed by atoms with E-state index in [0.29, 0.717) is 5.92 Å². The molecule has 0 saturated carbocycles. The van der Waals surface area contributed by atoms with Crippen LogP contribution in [0.15, 0.2) is 12.4 Å². The van der Waals surface area contributed by atoms with Gasteiger partial charge in [0.05, 0.1) is 17.6 Å². The third-order valence-corrected chi connectivity index (χ3v) is 4.18. The normalized spacial score (nSPS) is 38.5. The van der Waals surface area contributed by atoms with Gasteiger partial charge in [-0.15, -0.1) is 11.6 Å². The first-order valence-electron chi connectivity index (χ1n) is 5.39. The van der Waals surface area contributed by atoms with Gasteiger partial charge in [-0.05, 0) is 25.8 Å². The quantitative estimate of drug-likeness (QED) is 0.677. The number of hydrogen-bond acceptors (Lipinski definition) is 3. The zero-order chi connectivity index (χ0) is 10.5. The van der Waals surface area contributed by atoms with E-state index in [1.165, 1.54) is 13.0 Å². The predicted molar refractivity (Wildman–Crippen MR) is 58.8 cm³/mol. The molecule has 1 aromatic heterocycles. The minimum Gasteiger partial charge on any atom is -0.301 e. The average Bonchev–Trinajstić information content (AvgIpc) is 2.78. The summed E-state index contributed by atoms with van der Waals surface area (Å²) in [6, 6.07) is 0. The molecule has 4 heteroatoms. The number of halogens is 1. The molecular weight excluding hydrogens is 210 g/mol. The summed E-state index contributed by atoms with van der Waals surface area (Å²) >= 11 is 6.72. The van der Waals surface area contributed by atoms with Gasteiger partial charge >= 0.3 is 0 Å². The Morgan fingerprint density at radius 2 is 2.40 bits per heavy atom. The van der Waals surface area contributed by atoms with Gasteiger partial charge in [-0.1, -0.05) is 0 Å². The molecule has 3 nitrogen and oxygen atoms in total. The molecule has 0 amide bonds. The number of piperidine rings is 1. The van der Waals surface area contributed by atoms with Gasteiger partial charge < -0.3 is 4.90 Å². The van der Waals surface area contributed by atoms with E-state index in [9.17, 15) is 0 Å². The van der Waals surface area contributed by atoms with E-state index in [0.717, 1.165) is 24.5 Å². The SMILES string of the molecule is Cc1cncc(C2(Cl)CN3CCC2C3)n1. The fourth-order valence-electron chi connectivity index (χ4n) is 2.76. The molecule has 2 bridgehead atoms. The fraction of sp³-hybridized carbons (Fsp3) is 0.636. The van der Waals surface area contributed by atoms with Crippen LogP contribution in [0.4, 0.5) is 0 Å². The minimum absolute atomic E-state index is 0.280. The van der Waals surface area contributed by atoms with E-state index in [4.69, 9.17) is 11.6 Å². The molecule has 0 N–H and O–H groups in total. The fourth-order valence-corrected chi connectivity index (χ4v) is 3.20. The largest absolute Gasteiger partial charge is 0.301 e. The summed E-state index contributed by atoms with van der Waals surface area (Å²) in [4.78, 5) is 10.9. The van der Waals surface area contributed by atoms with Crippen LogP contribution in [0.1, 0.15) is 17.8 Å². The van der Waals surface area contributed by atoms with Crippen LogP contribution in [-0.2, 0) is 4.87 Å². The number of alkyl halides is 1. The molecule has 2 aliphatic heterocycles. The Morgan fingerprint density at radius 1 is 1.53 bits per heavy atom. The van der Waals surface area contributed by atoms with Crippen molar-refractivity contribution >= 4 is 11.6 Å². The van der Waals surface area contributed by atoms with Crippen molar-refractivity contribution in [3.8, 4) is 0 Å². The summed E-state index contributed by atoms with van der Waals surface area (Å²) in [6.45, 7) is 5.21. The van der Waals surface area contributed by atoms with Crippen molar-refractivity contribution in [3.63, 3.8) is 0 Å². The second kappa shape index (κ2) is 3.16. The summed E-state index contributed by atoms with van der Waals surface area (Å²) in [5.74, 6) is 0.551. The second-order valence-corrected chi connectivity index (χ2v) is 5.30. The van der Waals surface area contributed by atoms with E-state index in [1.807, 2.05) is 13.1 Å². The summed E-state index contributed by atoms with van der Waals surface area (Å²) in [6.07, 6.45) is 4.79. The maximum absolute atomic E-state index is 6.72. The molecule has 0 radical (unpaired) electrons. The van der Waals surface area contributed by atoms with Crippen LogP contribution in [-0.4, -0.2) is 34.5 Å². The van der Waals surface area contributed by atoms with Crippen LogP contribution < -0.4 is 0 Å². The Hall–Kier alpha value is -0.670. The van der Waals surface area contributed by atoms with Gasteiger partial charge in [0, 0.05) is 19.3 Å². The van der Waals surface area contributed by atoms with Gasteiger partial charge in [-0.3, -0.25) is 9.97 Å².